The van der Waals surface area contributed by atoms with E-state index in [-0.39, 0.29) is 23.3 Å². The average Bonchev–Trinajstić information content (AvgIpc) is 2.22. The molecule has 0 amide bonds. The van der Waals surface area contributed by atoms with Gasteiger partial charge in [-0.2, -0.15) is 9.97 Å². The maximum absolute atomic E-state index is 13.4. The summed E-state index contributed by atoms with van der Waals surface area (Å²) >= 11 is 0. The Labute approximate surface area is 90.1 Å². The molecule has 2 rings (SSSR count). The van der Waals surface area contributed by atoms with Crippen LogP contribution in [0.4, 0.5) is 4.39 Å². The van der Waals surface area contributed by atoms with E-state index < -0.39 is 17.7 Å². The highest BCUT2D eigenvalue weighted by Crippen LogP contribution is 2.32. The molecule has 16 heavy (non-hydrogen) atoms. The fraction of sp³-hybridized carbons (Fsp3) is 0.200. The molecule has 1 heterocycles. The lowest BCUT2D eigenvalue weighted by Gasteiger charge is -2.08. The zero-order valence-corrected chi connectivity index (χ0v) is 8.44. The summed E-state index contributed by atoms with van der Waals surface area (Å²) in [5, 5.41) is 18.8. The van der Waals surface area contributed by atoms with E-state index in [1.54, 1.807) is 6.92 Å². The first-order valence-electron chi connectivity index (χ1n) is 4.64. The summed E-state index contributed by atoms with van der Waals surface area (Å²) in [6, 6.07) is 1.84. The molecule has 0 fully saturated rings. The zero-order valence-electron chi connectivity index (χ0n) is 8.44. The van der Waals surface area contributed by atoms with E-state index in [1.165, 1.54) is 6.07 Å². The number of halogens is 1. The van der Waals surface area contributed by atoms with Gasteiger partial charge >= 0.3 is 6.01 Å². The summed E-state index contributed by atoms with van der Waals surface area (Å²) < 4.78 is 18.5. The van der Waals surface area contributed by atoms with Gasteiger partial charge in [-0.05, 0) is 19.1 Å². The second-order valence-corrected chi connectivity index (χ2v) is 3.05. The highest BCUT2D eigenvalue weighted by molar-refractivity contribution is 5.88. The smallest absolute Gasteiger partial charge is 0.317 e. The van der Waals surface area contributed by atoms with Crippen LogP contribution in [-0.2, 0) is 0 Å². The van der Waals surface area contributed by atoms with E-state index in [2.05, 4.69) is 9.97 Å². The Morgan fingerprint density at radius 3 is 2.75 bits per heavy atom. The number of fused-ring (bicyclic) bond motifs is 1. The van der Waals surface area contributed by atoms with Crippen LogP contribution in [0.3, 0.4) is 0 Å². The van der Waals surface area contributed by atoms with Crippen LogP contribution in [0.15, 0.2) is 12.1 Å². The van der Waals surface area contributed by atoms with Crippen molar-refractivity contribution in [1.29, 1.82) is 0 Å². The molecule has 2 N–H and O–H groups in total. The predicted molar refractivity (Wildman–Crippen MR) is 54.0 cm³/mol. The van der Waals surface area contributed by atoms with Crippen LogP contribution in [0.2, 0.25) is 0 Å². The van der Waals surface area contributed by atoms with E-state index in [0.717, 1.165) is 6.07 Å². The van der Waals surface area contributed by atoms with Gasteiger partial charge in [-0.15, -0.1) is 0 Å². The fourth-order valence-electron chi connectivity index (χ4n) is 1.40. The Bertz CT molecular complexity index is 545. The maximum Gasteiger partial charge on any atom is 0.317 e. The molecule has 0 aliphatic heterocycles. The van der Waals surface area contributed by atoms with Gasteiger partial charge in [0, 0.05) is 0 Å². The third-order valence-corrected chi connectivity index (χ3v) is 2.03. The fourth-order valence-corrected chi connectivity index (χ4v) is 1.40. The van der Waals surface area contributed by atoms with E-state index in [1.807, 2.05) is 0 Å². The van der Waals surface area contributed by atoms with Crippen LogP contribution in [-0.4, -0.2) is 26.8 Å². The number of hydrogen-bond donors (Lipinski definition) is 2. The van der Waals surface area contributed by atoms with Gasteiger partial charge in [0.15, 0.2) is 11.6 Å². The van der Waals surface area contributed by atoms with Gasteiger partial charge in [0.05, 0.1) is 12.0 Å². The van der Waals surface area contributed by atoms with Crippen molar-refractivity contribution in [2.75, 3.05) is 6.61 Å². The number of rotatable bonds is 2. The van der Waals surface area contributed by atoms with Crippen LogP contribution in [0, 0.1) is 5.82 Å². The lowest BCUT2D eigenvalue weighted by atomic mass is 10.2. The molecule has 84 valence electrons. The molecule has 6 heteroatoms. The van der Waals surface area contributed by atoms with Crippen molar-refractivity contribution >= 4 is 10.9 Å². The van der Waals surface area contributed by atoms with Crippen molar-refractivity contribution in [2.45, 2.75) is 6.92 Å². The van der Waals surface area contributed by atoms with Gasteiger partial charge in [-0.1, -0.05) is 0 Å². The molecule has 0 bridgehead atoms. The lowest BCUT2D eigenvalue weighted by Crippen LogP contribution is -1.97. The molecular formula is C10H9FN2O3. The first kappa shape index (κ1) is 10.4. The van der Waals surface area contributed by atoms with E-state index in [0.29, 0.717) is 0 Å². The van der Waals surface area contributed by atoms with Crippen molar-refractivity contribution in [3.8, 4) is 17.6 Å². The Kier molecular flexibility index (Phi) is 2.47. The molecule has 5 nitrogen and oxygen atoms in total. The zero-order chi connectivity index (χ0) is 11.7. The number of benzene rings is 1. The predicted octanol–water partition coefficient (Wildman–Crippen LogP) is 1.58. The Hall–Kier alpha value is -2.11. The van der Waals surface area contributed by atoms with Gasteiger partial charge in [0.1, 0.15) is 5.52 Å². The molecule has 0 saturated heterocycles. The van der Waals surface area contributed by atoms with Gasteiger partial charge in [0.25, 0.3) is 0 Å². The van der Waals surface area contributed by atoms with Gasteiger partial charge < -0.3 is 14.9 Å². The molecule has 0 saturated carbocycles. The average molecular weight is 224 g/mol. The third kappa shape index (κ3) is 1.58. The van der Waals surface area contributed by atoms with E-state index in [4.69, 9.17) is 9.84 Å². The molecule has 2 aromatic rings. The first-order valence-corrected chi connectivity index (χ1v) is 4.64. The molecule has 0 spiro atoms. The highest BCUT2D eigenvalue weighted by atomic mass is 19.1. The van der Waals surface area contributed by atoms with Crippen molar-refractivity contribution in [3.63, 3.8) is 0 Å². The maximum atomic E-state index is 13.4. The minimum atomic E-state index is -0.628. The molecule has 0 radical (unpaired) electrons. The molecular weight excluding hydrogens is 215 g/mol. The Balaban J connectivity index is 2.80. The van der Waals surface area contributed by atoms with Crippen molar-refractivity contribution in [3.05, 3.63) is 17.9 Å². The normalized spacial score (nSPS) is 10.6. The van der Waals surface area contributed by atoms with Crippen LogP contribution in [0.5, 0.6) is 17.6 Å². The minimum absolute atomic E-state index is 0.0480. The summed E-state index contributed by atoms with van der Waals surface area (Å²) in [5.41, 5.74) is 0.0480. The number of aromatic hydroxyl groups is 2. The largest absolute Gasteiger partial charge is 0.493 e. The Morgan fingerprint density at radius 2 is 2.06 bits per heavy atom. The monoisotopic (exact) mass is 224 g/mol. The van der Waals surface area contributed by atoms with Crippen molar-refractivity contribution in [1.82, 2.24) is 9.97 Å². The Morgan fingerprint density at radius 1 is 1.31 bits per heavy atom. The lowest BCUT2D eigenvalue weighted by molar-refractivity contribution is 0.324. The molecule has 1 aromatic carbocycles. The van der Waals surface area contributed by atoms with Crippen LogP contribution in [0.25, 0.3) is 10.9 Å². The quantitative estimate of drug-likeness (QED) is 0.809. The second-order valence-electron chi connectivity index (χ2n) is 3.05. The summed E-state index contributed by atoms with van der Waals surface area (Å²) in [7, 11) is 0. The number of aromatic nitrogens is 2. The summed E-state index contributed by atoms with van der Waals surface area (Å²) in [4.78, 5) is 6.99. The van der Waals surface area contributed by atoms with Gasteiger partial charge in [-0.3, -0.25) is 0 Å². The third-order valence-electron chi connectivity index (χ3n) is 2.03. The number of ether oxygens (including phenoxy) is 1. The molecule has 1 aromatic heterocycles. The standard InChI is InChI=1S/C10H9FN2O3/c1-2-16-8-6(11)4-3-5-7(8)12-10(15)13-9(5)14/h3-4H,2H2,1H3,(H2,12,13,14,15). The SMILES string of the molecule is CCOc1c(F)ccc2c(O)nc(O)nc12. The molecule has 0 aliphatic carbocycles. The van der Waals surface area contributed by atoms with Crippen molar-refractivity contribution < 1.29 is 19.3 Å². The molecule has 0 unspecified atom stereocenters. The van der Waals surface area contributed by atoms with Gasteiger partial charge in [-0.25, -0.2) is 4.39 Å². The van der Waals surface area contributed by atoms with Crippen molar-refractivity contribution in [2.24, 2.45) is 0 Å². The topological polar surface area (TPSA) is 75.5 Å². The summed E-state index contributed by atoms with van der Waals surface area (Å²) in [6.45, 7) is 1.95. The summed E-state index contributed by atoms with van der Waals surface area (Å²) in [6.07, 6.45) is 0. The first-order chi connectivity index (χ1) is 7.63. The van der Waals surface area contributed by atoms with Crippen LogP contribution >= 0.6 is 0 Å². The van der Waals surface area contributed by atoms with E-state index >= 15 is 0 Å². The molecule has 0 atom stereocenters. The molecule has 0 aliphatic rings. The number of nitrogens with zero attached hydrogens (tertiary/aromatic N) is 2. The highest BCUT2D eigenvalue weighted by Gasteiger charge is 2.14. The minimum Gasteiger partial charge on any atom is -0.493 e. The second kappa shape index (κ2) is 3.80. The van der Waals surface area contributed by atoms with Crippen LogP contribution < -0.4 is 4.74 Å². The van der Waals surface area contributed by atoms with Crippen LogP contribution in [0.1, 0.15) is 6.92 Å². The van der Waals surface area contributed by atoms with Gasteiger partial charge in [0.2, 0.25) is 5.88 Å². The summed E-state index contributed by atoms with van der Waals surface area (Å²) in [5.74, 6) is -1.12. The number of hydrogen-bond acceptors (Lipinski definition) is 5. The van der Waals surface area contributed by atoms with E-state index in [9.17, 15) is 9.50 Å².